The van der Waals surface area contributed by atoms with Crippen LogP contribution in [0, 0.1) is 10.5 Å². The summed E-state index contributed by atoms with van der Waals surface area (Å²) in [4.78, 5) is 30.0. The molecule has 1 atom stereocenters. The number of benzene rings is 4. The third-order valence-electron chi connectivity index (χ3n) is 7.59. The van der Waals surface area contributed by atoms with E-state index in [2.05, 4.69) is 68.3 Å². The monoisotopic (exact) mass is 850 g/mol. The fraction of sp³-hybridized carbons (Fsp3) is 0.235. The lowest BCUT2D eigenvalue weighted by Gasteiger charge is -2.38. The maximum absolute atomic E-state index is 14.4. The van der Waals surface area contributed by atoms with E-state index < -0.39 is 27.4 Å². The van der Waals surface area contributed by atoms with Crippen molar-refractivity contribution in [2.75, 3.05) is 11.9 Å². The fourth-order valence-electron chi connectivity index (χ4n) is 5.08. The lowest BCUT2D eigenvalue weighted by molar-refractivity contribution is -0.126. The molecule has 230 valence electrons. The van der Waals surface area contributed by atoms with Crippen LogP contribution in [0.4, 0.5) is 5.69 Å². The molecule has 0 N–H and O–H groups in total. The lowest BCUT2D eigenvalue weighted by atomic mass is 9.78. The van der Waals surface area contributed by atoms with Crippen molar-refractivity contribution >= 4 is 82.0 Å². The molecule has 0 heterocycles. The van der Waals surface area contributed by atoms with Crippen molar-refractivity contribution in [1.29, 1.82) is 0 Å². The first-order valence-corrected chi connectivity index (χ1v) is 18.0. The average Bonchev–Trinajstić information content (AvgIpc) is 3.00. The van der Waals surface area contributed by atoms with Gasteiger partial charge in [0.1, 0.15) is 0 Å². The van der Waals surface area contributed by atoms with Crippen LogP contribution in [-0.4, -0.2) is 37.6 Å². The number of anilines is 1. The van der Waals surface area contributed by atoms with Crippen LogP contribution in [-0.2, 0) is 20.2 Å². The molecule has 0 aliphatic heterocycles. The van der Waals surface area contributed by atoms with Crippen LogP contribution in [0.15, 0.2) is 111 Å². The first-order chi connectivity index (χ1) is 20.7. The maximum atomic E-state index is 14.4. The first-order valence-electron chi connectivity index (χ1n) is 13.9. The van der Waals surface area contributed by atoms with Gasteiger partial charge in [-0.05, 0) is 115 Å². The van der Waals surface area contributed by atoms with Gasteiger partial charge in [0.15, 0.2) is 0 Å². The van der Waals surface area contributed by atoms with E-state index in [4.69, 9.17) is 0 Å². The van der Waals surface area contributed by atoms with E-state index in [0.717, 1.165) is 27.9 Å². The molecule has 4 aromatic carbocycles. The van der Waals surface area contributed by atoms with Crippen LogP contribution >= 0.6 is 54.5 Å². The maximum Gasteiger partial charge on any atom is 0.266 e. The Kier molecular flexibility index (Phi) is 11.1. The van der Waals surface area contributed by atoms with Crippen molar-refractivity contribution in [2.45, 2.75) is 50.0 Å². The minimum absolute atomic E-state index is 0.0304. The van der Waals surface area contributed by atoms with Gasteiger partial charge in [-0.3, -0.25) is 9.59 Å². The number of aryl methyl sites for hydroxylation is 1. The SMILES string of the molecule is Cc1ccc(S(=O)(=O)N(C)C(=O)C[C@H](CC(C)(C)c2ccccc2)N(C(=O)c2ccccc2)c2cc(Br)c(I)c(Br)c2)cc1. The van der Waals surface area contributed by atoms with Crippen molar-refractivity contribution < 1.29 is 18.0 Å². The quantitative estimate of drug-likeness (QED) is 0.118. The van der Waals surface area contributed by atoms with E-state index in [1.54, 1.807) is 41.3 Å². The predicted molar refractivity (Wildman–Crippen MR) is 191 cm³/mol. The summed E-state index contributed by atoms with van der Waals surface area (Å²) in [6.07, 6.45) is 0.151. The van der Waals surface area contributed by atoms with Gasteiger partial charge >= 0.3 is 0 Å². The number of hydrogen-bond acceptors (Lipinski definition) is 4. The molecule has 6 nitrogen and oxygen atoms in total. The molecule has 2 amide bonds. The number of halogens is 3. The molecule has 0 fully saturated rings. The molecule has 44 heavy (non-hydrogen) atoms. The molecule has 0 aliphatic rings. The molecule has 0 aliphatic carbocycles. The van der Waals surface area contributed by atoms with Crippen LogP contribution in [0.25, 0.3) is 0 Å². The molecule has 0 radical (unpaired) electrons. The van der Waals surface area contributed by atoms with E-state index >= 15 is 0 Å². The summed E-state index contributed by atoms with van der Waals surface area (Å²) in [5.74, 6) is -0.912. The average molecular weight is 852 g/mol. The molecule has 0 spiro atoms. The Morgan fingerprint density at radius 2 is 1.39 bits per heavy atom. The van der Waals surface area contributed by atoms with Crippen LogP contribution < -0.4 is 4.90 Å². The molecule has 0 unspecified atom stereocenters. The second-order valence-corrected chi connectivity index (χ2v) is 16.0. The third kappa shape index (κ3) is 7.81. The largest absolute Gasteiger partial charge is 0.305 e. The van der Waals surface area contributed by atoms with Crippen molar-refractivity contribution in [2.24, 2.45) is 0 Å². The smallest absolute Gasteiger partial charge is 0.266 e. The fourth-order valence-corrected chi connectivity index (χ4v) is 7.69. The van der Waals surface area contributed by atoms with E-state index in [1.165, 1.54) is 19.2 Å². The summed E-state index contributed by atoms with van der Waals surface area (Å²) in [5, 5.41) is 0. The summed E-state index contributed by atoms with van der Waals surface area (Å²) in [6.45, 7) is 6.00. The number of hydrogen-bond donors (Lipinski definition) is 0. The molecular weight excluding hydrogens is 819 g/mol. The van der Waals surface area contributed by atoms with Gasteiger partial charge in [-0.2, -0.15) is 0 Å². The number of nitrogens with zero attached hydrogens (tertiary/aromatic N) is 2. The zero-order chi connectivity index (χ0) is 32.2. The molecule has 10 heteroatoms. The highest BCUT2D eigenvalue weighted by Crippen LogP contribution is 2.38. The number of amides is 2. The van der Waals surface area contributed by atoms with Gasteiger partial charge in [-0.25, -0.2) is 12.7 Å². The van der Waals surface area contributed by atoms with E-state index in [0.29, 0.717) is 17.7 Å². The first kappa shape index (κ1) is 34.3. The van der Waals surface area contributed by atoms with Crippen LogP contribution in [0.5, 0.6) is 0 Å². The summed E-state index contributed by atoms with van der Waals surface area (Å²) >= 11 is 9.44. The number of rotatable bonds is 10. The van der Waals surface area contributed by atoms with Crippen molar-refractivity contribution in [3.8, 4) is 0 Å². The normalized spacial score (nSPS) is 12.4. The Morgan fingerprint density at radius 1 is 0.864 bits per heavy atom. The Bertz CT molecular complexity index is 1730. The third-order valence-corrected chi connectivity index (χ3v) is 13.3. The topological polar surface area (TPSA) is 74.8 Å². The van der Waals surface area contributed by atoms with E-state index in [1.807, 2.05) is 55.5 Å². The minimum atomic E-state index is -4.11. The van der Waals surface area contributed by atoms with Crippen molar-refractivity contribution in [1.82, 2.24) is 4.31 Å². The van der Waals surface area contributed by atoms with E-state index in [9.17, 15) is 18.0 Å². The van der Waals surface area contributed by atoms with Crippen LogP contribution in [0.1, 0.15) is 48.2 Å². The molecule has 4 aromatic rings. The predicted octanol–water partition coefficient (Wildman–Crippen LogP) is 8.75. The molecule has 0 saturated heterocycles. The summed E-state index contributed by atoms with van der Waals surface area (Å²) in [6, 6.07) is 28.2. The van der Waals surface area contributed by atoms with E-state index in [-0.39, 0.29) is 17.2 Å². The number of carbonyl (C=O) groups excluding carboxylic acids is 2. The van der Waals surface area contributed by atoms with Gasteiger partial charge in [-0.15, -0.1) is 0 Å². The van der Waals surface area contributed by atoms with Crippen LogP contribution in [0.2, 0.25) is 0 Å². The molecular formula is C34H33Br2IN2O4S. The second kappa shape index (κ2) is 14.3. The molecule has 0 aromatic heterocycles. The van der Waals surface area contributed by atoms with Gasteiger partial charge in [0.25, 0.3) is 15.9 Å². The molecule has 0 bridgehead atoms. The Morgan fingerprint density at radius 3 is 1.93 bits per heavy atom. The molecule has 4 rings (SSSR count). The summed E-state index contributed by atoms with van der Waals surface area (Å²) < 4.78 is 30.3. The lowest BCUT2D eigenvalue weighted by Crippen LogP contribution is -2.47. The Hall–Kier alpha value is -2.54. The highest BCUT2D eigenvalue weighted by molar-refractivity contribution is 14.1. The summed E-state index contributed by atoms with van der Waals surface area (Å²) in [7, 11) is -2.84. The standard InChI is InChI=1S/C34H33Br2IN2O4S/c1-23-15-17-28(18-16-23)44(42,43)38(4)31(40)21-27(22-34(2,3)25-13-9-6-10-14-25)39(33(41)24-11-7-5-8-12-24)26-19-29(35)32(37)30(36)20-26/h5-20,27H,21-22H2,1-4H3/t27-/m1/s1. The zero-order valence-corrected chi connectivity index (χ0v) is 30.9. The van der Waals surface area contributed by atoms with Gasteiger partial charge < -0.3 is 4.90 Å². The Balaban J connectivity index is 1.84. The number of carbonyl (C=O) groups is 2. The highest BCUT2D eigenvalue weighted by Gasteiger charge is 2.37. The van der Waals surface area contributed by atoms with Crippen molar-refractivity contribution in [3.05, 3.63) is 126 Å². The van der Waals surface area contributed by atoms with Crippen LogP contribution in [0.3, 0.4) is 0 Å². The second-order valence-electron chi connectivity index (χ2n) is 11.3. The van der Waals surface area contributed by atoms with Gasteiger partial charge in [0, 0.05) is 43.3 Å². The highest BCUT2D eigenvalue weighted by atomic mass is 127. The van der Waals surface area contributed by atoms with Gasteiger partial charge in [-0.1, -0.05) is 80.1 Å². The van der Waals surface area contributed by atoms with Gasteiger partial charge in [0.2, 0.25) is 5.91 Å². The molecule has 0 saturated carbocycles. The van der Waals surface area contributed by atoms with Gasteiger partial charge in [0.05, 0.1) is 4.90 Å². The minimum Gasteiger partial charge on any atom is -0.305 e. The number of sulfonamides is 1. The summed E-state index contributed by atoms with van der Waals surface area (Å²) in [5.41, 5.74) is 2.49. The van der Waals surface area contributed by atoms with Crippen molar-refractivity contribution in [3.63, 3.8) is 0 Å². The zero-order valence-electron chi connectivity index (χ0n) is 24.8. The Labute approximate surface area is 290 Å².